The second-order valence-corrected chi connectivity index (χ2v) is 7.46. The molecular formula is C17H10F6N4OS. The highest BCUT2D eigenvalue weighted by Gasteiger charge is 2.65. The third-order valence-corrected chi connectivity index (χ3v) is 5.47. The molecule has 0 aliphatic carbocycles. The standard InChI is InChI=1S/C17H10F6N4OS/c18-16(19,20)14(24-25-14)10-3-1-9(2-4-10)13(28)29-12-7-5-11(6-8-12)15(26-27-15)17(21,22)23/h1-8,28-29H. The van der Waals surface area contributed by atoms with Crippen LogP contribution < -0.4 is 0 Å². The molecule has 2 aliphatic rings. The van der Waals surface area contributed by atoms with Crippen LogP contribution in [0.3, 0.4) is 0 Å². The van der Waals surface area contributed by atoms with Gasteiger partial charge < -0.3 is 5.11 Å². The van der Waals surface area contributed by atoms with Crippen LogP contribution in [0.15, 0.2) is 73.9 Å². The molecule has 0 amide bonds. The molecule has 2 aromatic rings. The van der Waals surface area contributed by atoms with Gasteiger partial charge in [0.05, 0.1) is 0 Å². The average Bonchev–Trinajstić information content (AvgIpc) is 3.54. The fraction of sp³-hybridized carbons (Fsp3) is 0.235. The first-order valence-corrected chi connectivity index (χ1v) is 8.89. The normalized spacial score (nSPS) is 19.6. The van der Waals surface area contributed by atoms with Crippen LogP contribution in [0.25, 0.3) is 0 Å². The summed E-state index contributed by atoms with van der Waals surface area (Å²) in [6.45, 7) is 0. The van der Waals surface area contributed by atoms with Crippen molar-refractivity contribution in [1.82, 2.24) is 0 Å². The summed E-state index contributed by atoms with van der Waals surface area (Å²) in [5, 5.41) is 22.5. The average molecular weight is 432 g/mol. The maximum absolute atomic E-state index is 13.0. The molecule has 152 valence electrons. The van der Waals surface area contributed by atoms with Gasteiger partial charge in [-0.3, -0.25) is 0 Å². The van der Waals surface area contributed by atoms with Crippen LogP contribution in [0.1, 0.15) is 16.7 Å². The van der Waals surface area contributed by atoms with Gasteiger partial charge in [0.15, 0.2) is 0 Å². The van der Waals surface area contributed by atoms with Crippen LogP contribution in [0.2, 0.25) is 0 Å². The molecule has 2 aliphatic heterocycles. The quantitative estimate of drug-likeness (QED) is 0.368. The third kappa shape index (κ3) is 3.25. The fourth-order valence-electron chi connectivity index (χ4n) is 2.69. The molecule has 0 spiro atoms. The maximum Gasteiger partial charge on any atom is 0.442 e. The van der Waals surface area contributed by atoms with Crippen LogP contribution in [0.4, 0.5) is 26.3 Å². The minimum absolute atomic E-state index is 0.137. The molecule has 12 heteroatoms. The largest absolute Gasteiger partial charge is 0.442 e. The summed E-state index contributed by atoms with van der Waals surface area (Å²) in [4.78, 5) is 0.479. The smallest absolute Gasteiger partial charge is 0.355 e. The fourth-order valence-corrected chi connectivity index (χ4v) is 3.51. The molecule has 0 saturated heterocycles. The van der Waals surface area contributed by atoms with Gasteiger partial charge in [-0.15, -0.1) is 31.8 Å². The Kier molecular flexibility index (Phi) is 4.21. The minimum Gasteiger partial charge on any atom is -0.355 e. The van der Waals surface area contributed by atoms with E-state index in [2.05, 4.69) is 20.5 Å². The lowest BCUT2D eigenvalue weighted by atomic mass is 10.0. The highest BCUT2D eigenvalue weighted by Crippen LogP contribution is 2.53. The van der Waals surface area contributed by atoms with Crippen LogP contribution in [-0.4, -0.2) is 22.5 Å². The van der Waals surface area contributed by atoms with Gasteiger partial charge in [-0.2, -0.15) is 26.3 Å². The highest BCUT2D eigenvalue weighted by molar-refractivity contribution is 7.98. The van der Waals surface area contributed by atoms with E-state index >= 15 is 0 Å². The zero-order chi connectivity index (χ0) is 21.1. The lowest BCUT2D eigenvalue weighted by molar-refractivity contribution is -0.166. The summed E-state index contributed by atoms with van der Waals surface area (Å²) in [6, 6.07) is 10.1. The van der Waals surface area contributed by atoms with Crippen molar-refractivity contribution in [1.29, 1.82) is 0 Å². The number of hydrogen-bond donors (Lipinski definition) is 2. The SMILES string of the molecule is OC(=[SH]c1ccc(C2(C(F)(F)F)N=N2)cc1)c1ccc(C2(C(F)(F)F)N=N2)cc1. The number of hydrogen-bond acceptors (Lipinski definition) is 4. The Labute approximate surface area is 162 Å². The Morgan fingerprint density at radius 3 is 1.41 bits per heavy atom. The zero-order valence-corrected chi connectivity index (χ0v) is 15.0. The number of nitrogens with zero attached hydrogens (tertiary/aromatic N) is 4. The molecule has 1 N–H and O–H groups in total. The molecule has 0 fully saturated rings. The molecule has 29 heavy (non-hydrogen) atoms. The Morgan fingerprint density at radius 2 is 1.07 bits per heavy atom. The first-order valence-electron chi connectivity index (χ1n) is 7.99. The van der Waals surface area contributed by atoms with E-state index in [-0.39, 0.29) is 33.1 Å². The first-order chi connectivity index (χ1) is 13.5. The Balaban J connectivity index is 1.52. The monoisotopic (exact) mass is 432 g/mol. The molecular weight excluding hydrogens is 422 g/mol. The van der Waals surface area contributed by atoms with Gasteiger partial charge in [-0.25, -0.2) is 0 Å². The summed E-state index contributed by atoms with van der Waals surface area (Å²) in [7, 11) is 0. The van der Waals surface area contributed by atoms with Gasteiger partial charge in [0, 0.05) is 21.6 Å². The topological polar surface area (TPSA) is 69.7 Å². The second kappa shape index (κ2) is 6.20. The minimum atomic E-state index is -4.64. The molecule has 2 aromatic carbocycles. The van der Waals surface area contributed by atoms with Crippen LogP contribution in [0.5, 0.6) is 0 Å². The van der Waals surface area contributed by atoms with Crippen molar-refractivity contribution in [2.45, 2.75) is 28.6 Å². The van der Waals surface area contributed by atoms with Crippen LogP contribution >= 0.6 is 11.4 Å². The van der Waals surface area contributed by atoms with Crippen molar-refractivity contribution in [3.05, 3.63) is 65.2 Å². The molecule has 0 aromatic heterocycles. The van der Waals surface area contributed by atoms with E-state index in [4.69, 9.17) is 0 Å². The predicted molar refractivity (Wildman–Crippen MR) is 92.1 cm³/mol. The molecule has 2 heterocycles. The van der Waals surface area contributed by atoms with E-state index < -0.39 is 23.7 Å². The number of thiol groups is 1. The lowest BCUT2D eigenvalue weighted by Gasteiger charge is -2.15. The van der Waals surface area contributed by atoms with Gasteiger partial charge >= 0.3 is 23.7 Å². The third-order valence-electron chi connectivity index (χ3n) is 4.44. The summed E-state index contributed by atoms with van der Waals surface area (Å²) in [5.41, 5.74) is -5.10. The van der Waals surface area contributed by atoms with Crippen molar-refractivity contribution in [2.24, 2.45) is 20.5 Å². The van der Waals surface area contributed by atoms with E-state index in [0.29, 0.717) is 4.90 Å². The first kappa shape index (κ1) is 19.7. The van der Waals surface area contributed by atoms with Gasteiger partial charge in [0.25, 0.3) is 0 Å². The number of alkyl halides is 6. The summed E-state index contributed by atoms with van der Waals surface area (Å²) < 4.78 is 78.0. The Bertz CT molecular complexity index is 1030. The summed E-state index contributed by atoms with van der Waals surface area (Å²) in [5.74, 6) is 0. The van der Waals surface area contributed by atoms with Crippen LogP contribution in [0, 0.1) is 0 Å². The lowest BCUT2D eigenvalue weighted by Crippen LogP contribution is -2.30. The van der Waals surface area contributed by atoms with E-state index in [1.54, 1.807) is 0 Å². The van der Waals surface area contributed by atoms with E-state index in [9.17, 15) is 31.4 Å². The number of aliphatic hydroxyl groups is 1. The van der Waals surface area contributed by atoms with Crippen molar-refractivity contribution >= 4 is 16.4 Å². The molecule has 0 atom stereocenters. The van der Waals surface area contributed by atoms with E-state index in [1.165, 1.54) is 48.5 Å². The van der Waals surface area contributed by atoms with Crippen LogP contribution in [-0.2, 0) is 11.3 Å². The van der Waals surface area contributed by atoms with Gasteiger partial charge in [0.2, 0.25) is 0 Å². The highest BCUT2D eigenvalue weighted by atomic mass is 32.1. The van der Waals surface area contributed by atoms with Gasteiger partial charge in [0.1, 0.15) is 5.05 Å². The number of rotatable bonds is 4. The number of aliphatic hydroxyl groups excluding tert-OH is 1. The zero-order valence-electron chi connectivity index (χ0n) is 14.1. The van der Waals surface area contributed by atoms with E-state index in [1.807, 2.05) is 0 Å². The Morgan fingerprint density at radius 1 is 0.690 bits per heavy atom. The summed E-state index contributed by atoms with van der Waals surface area (Å²) in [6.07, 6.45) is -9.27. The van der Waals surface area contributed by atoms with Crippen molar-refractivity contribution in [3.8, 4) is 0 Å². The van der Waals surface area contributed by atoms with Gasteiger partial charge in [-0.1, -0.05) is 36.4 Å². The van der Waals surface area contributed by atoms with E-state index in [0.717, 1.165) is 0 Å². The maximum atomic E-state index is 13.0. The summed E-state index contributed by atoms with van der Waals surface area (Å²) >= 11 is 0.265. The van der Waals surface area contributed by atoms with Crippen molar-refractivity contribution in [3.63, 3.8) is 0 Å². The predicted octanol–water partition coefficient (Wildman–Crippen LogP) is 5.61. The molecule has 0 radical (unpaired) electrons. The number of benzene rings is 2. The number of halogens is 6. The molecule has 5 nitrogen and oxygen atoms in total. The Hall–Kier alpha value is -2.60. The molecule has 0 unspecified atom stereocenters. The molecule has 4 rings (SSSR count). The molecule has 0 bridgehead atoms. The van der Waals surface area contributed by atoms with Gasteiger partial charge in [-0.05, 0) is 12.1 Å². The second-order valence-electron chi connectivity index (χ2n) is 6.30. The molecule has 0 saturated carbocycles. The van der Waals surface area contributed by atoms with Crippen molar-refractivity contribution < 1.29 is 31.4 Å². The van der Waals surface area contributed by atoms with Crippen molar-refractivity contribution in [2.75, 3.05) is 0 Å².